The molecule has 1 aromatic carbocycles. The van der Waals surface area contributed by atoms with Crippen molar-refractivity contribution in [1.82, 2.24) is 14.9 Å². The molecule has 1 heterocycles. The summed E-state index contributed by atoms with van der Waals surface area (Å²) in [4.78, 5) is 38.2. The molecule has 1 aliphatic heterocycles. The van der Waals surface area contributed by atoms with Crippen LogP contribution in [0.15, 0.2) is 24.3 Å². The molecule has 1 saturated heterocycles. The van der Waals surface area contributed by atoms with E-state index in [0.717, 1.165) is 62.7 Å². The highest BCUT2D eigenvalue weighted by Crippen LogP contribution is 2.50. The fourth-order valence-electron chi connectivity index (χ4n) is 4.35. The summed E-state index contributed by atoms with van der Waals surface area (Å²) >= 11 is 7.36. The summed E-state index contributed by atoms with van der Waals surface area (Å²) in [5, 5.41) is 6.31. The molecule has 34 heavy (non-hydrogen) atoms. The van der Waals surface area contributed by atoms with Crippen LogP contribution in [0.5, 0.6) is 0 Å². The van der Waals surface area contributed by atoms with E-state index in [1.807, 2.05) is 25.1 Å². The normalized spacial score (nSPS) is 21.2. The van der Waals surface area contributed by atoms with Crippen LogP contribution >= 0.6 is 23.5 Å². The SMILES string of the molecule is C[C@H](C[Si]1CCCNC1=O)NC(=O)[C@H](CC1CC1)SN(C)C(=O)OC1(c2cccc(Cl)c2)CC1. The van der Waals surface area contributed by atoms with Crippen molar-refractivity contribution in [3.8, 4) is 0 Å². The molecule has 3 fully saturated rings. The van der Waals surface area contributed by atoms with Crippen LogP contribution in [0, 0.1) is 5.92 Å². The highest BCUT2D eigenvalue weighted by Gasteiger charge is 2.49. The van der Waals surface area contributed by atoms with Crippen molar-refractivity contribution in [3.05, 3.63) is 34.9 Å². The zero-order valence-electron chi connectivity index (χ0n) is 19.8. The molecule has 10 heteroatoms. The molecule has 2 aliphatic carbocycles. The monoisotopic (exact) mass is 522 g/mol. The minimum Gasteiger partial charge on any atom is -0.437 e. The Morgan fingerprint density at radius 2 is 2.15 bits per heavy atom. The summed E-state index contributed by atoms with van der Waals surface area (Å²) in [5.74, 6) is 0.457. The number of halogens is 1. The first-order valence-corrected chi connectivity index (χ1v) is 15.2. The number of amides is 3. The van der Waals surface area contributed by atoms with Gasteiger partial charge in [-0.3, -0.25) is 13.9 Å². The van der Waals surface area contributed by atoms with Crippen LogP contribution in [-0.2, 0) is 15.1 Å². The maximum absolute atomic E-state index is 13.1. The van der Waals surface area contributed by atoms with Crippen molar-refractivity contribution in [3.63, 3.8) is 0 Å². The molecule has 185 valence electrons. The van der Waals surface area contributed by atoms with E-state index >= 15 is 0 Å². The Morgan fingerprint density at radius 3 is 2.79 bits per heavy atom. The maximum Gasteiger partial charge on any atom is 0.420 e. The second kappa shape index (κ2) is 10.9. The number of nitrogens with zero attached hydrogens (tertiary/aromatic N) is 1. The van der Waals surface area contributed by atoms with Crippen molar-refractivity contribution in [1.29, 1.82) is 0 Å². The quantitative estimate of drug-likeness (QED) is 0.337. The molecule has 0 unspecified atom stereocenters. The van der Waals surface area contributed by atoms with Gasteiger partial charge in [0.2, 0.25) is 5.91 Å². The standard InChI is InChI=1S/C24H33ClN3O4SSi/c1-16(15-34-12-4-11-26-22(34)30)27-21(29)20(13-17-7-8-17)33-28(2)23(31)32-24(9-10-24)18-5-3-6-19(25)14-18/h3,5-6,14,16-17,20H,4,7-13,15H2,1-2H3,(H,26,30)(H,27,29)/t16-,20+/m1/s1. The van der Waals surface area contributed by atoms with Gasteiger partial charge in [-0.1, -0.05) is 36.6 Å². The fraction of sp³-hybridized carbons (Fsp3) is 0.625. The van der Waals surface area contributed by atoms with Gasteiger partial charge in [0.25, 0.3) is 0 Å². The number of hydrogen-bond acceptors (Lipinski definition) is 5. The van der Waals surface area contributed by atoms with Gasteiger partial charge in [0.15, 0.2) is 14.3 Å². The molecular formula is C24H33ClN3O4SSi. The third kappa shape index (κ3) is 6.70. The third-order valence-electron chi connectivity index (χ3n) is 6.62. The Hall–Kier alpha value is -1.71. The first kappa shape index (κ1) is 25.4. The molecule has 2 atom stereocenters. The molecule has 7 nitrogen and oxygen atoms in total. The van der Waals surface area contributed by atoms with E-state index in [0.29, 0.717) is 10.9 Å². The van der Waals surface area contributed by atoms with Crippen LogP contribution in [0.1, 0.15) is 51.0 Å². The van der Waals surface area contributed by atoms with Crippen LogP contribution in [0.2, 0.25) is 17.1 Å². The topological polar surface area (TPSA) is 87.7 Å². The number of ether oxygens (including phenoxy) is 1. The van der Waals surface area contributed by atoms with Crippen molar-refractivity contribution in [2.24, 2.45) is 5.92 Å². The van der Waals surface area contributed by atoms with E-state index in [1.165, 1.54) is 16.3 Å². The van der Waals surface area contributed by atoms with Crippen molar-refractivity contribution in [2.45, 2.75) is 74.4 Å². The number of nitrogens with one attached hydrogen (secondary N) is 2. The van der Waals surface area contributed by atoms with Gasteiger partial charge in [0.1, 0.15) is 10.9 Å². The van der Waals surface area contributed by atoms with Gasteiger partial charge in [-0.25, -0.2) is 4.79 Å². The molecule has 2 N–H and O–H groups in total. The van der Waals surface area contributed by atoms with Gasteiger partial charge in [0.05, 0.1) is 0 Å². The molecule has 0 aromatic heterocycles. The molecule has 2 saturated carbocycles. The maximum atomic E-state index is 13.1. The van der Waals surface area contributed by atoms with Crippen LogP contribution in [0.4, 0.5) is 9.59 Å². The molecular weight excluding hydrogens is 490 g/mol. The van der Waals surface area contributed by atoms with Crippen molar-refractivity contribution < 1.29 is 19.1 Å². The average molecular weight is 523 g/mol. The Bertz CT molecular complexity index is 927. The smallest absolute Gasteiger partial charge is 0.420 e. The number of carbonyl (C=O) groups excluding carboxylic acids is 3. The number of carbonyl (C=O) groups is 3. The van der Waals surface area contributed by atoms with Crippen molar-refractivity contribution >= 4 is 49.9 Å². The highest BCUT2D eigenvalue weighted by molar-refractivity contribution is 7.98. The van der Waals surface area contributed by atoms with Crippen LogP contribution in [-0.4, -0.2) is 55.5 Å². The highest BCUT2D eigenvalue weighted by atomic mass is 35.5. The summed E-state index contributed by atoms with van der Waals surface area (Å²) in [6.07, 6.45) is 5.08. The Kier molecular flexibility index (Phi) is 8.15. The minimum atomic E-state index is -1.15. The predicted molar refractivity (Wildman–Crippen MR) is 136 cm³/mol. The van der Waals surface area contributed by atoms with Gasteiger partial charge in [-0.15, -0.1) is 0 Å². The van der Waals surface area contributed by atoms with E-state index in [2.05, 4.69) is 10.6 Å². The minimum absolute atomic E-state index is 0.0673. The van der Waals surface area contributed by atoms with Gasteiger partial charge in [-0.2, -0.15) is 0 Å². The molecule has 1 aromatic rings. The van der Waals surface area contributed by atoms with Crippen molar-refractivity contribution in [2.75, 3.05) is 13.6 Å². The first-order chi connectivity index (χ1) is 16.3. The summed E-state index contributed by atoms with van der Waals surface area (Å²) in [5.41, 5.74) is 0.462. The second-order valence-corrected chi connectivity index (χ2v) is 14.1. The molecule has 4 rings (SSSR count). The Labute approximate surface area is 212 Å². The van der Waals surface area contributed by atoms with E-state index in [-0.39, 0.29) is 22.7 Å². The largest absolute Gasteiger partial charge is 0.437 e. The van der Waals surface area contributed by atoms with Gasteiger partial charge in [-0.05, 0) is 80.3 Å². The summed E-state index contributed by atoms with van der Waals surface area (Å²) in [6, 6.07) is 9.05. The van der Waals surface area contributed by atoms with E-state index < -0.39 is 20.5 Å². The molecule has 0 spiro atoms. The number of hydrogen-bond donors (Lipinski definition) is 2. The zero-order valence-corrected chi connectivity index (χ0v) is 22.3. The summed E-state index contributed by atoms with van der Waals surface area (Å²) < 4.78 is 7.33. The van der Waals surface area contributed by atoms with E-state index in [4.69, 9.17) is 16.3 Å². The third-order valence-corrected chi connectivity index (χ3v) is 10.9. The lowest BCUT2D eigenvalue weighted by molar-refractivity contribution is -0.121. The first-order valence-electron chi connectivity index (χ1n) is 12.1. The van der Waals surface area contributed by atoms with Gasteiger partial charge < -0.3 is 15.4 Å². The predicted octanol–water partition coefficient (Wildman–Crippen LogP) is 4.91. The van der Waals surface area contributed by atoms with Crippen LogP contribution < -0.4 is 10.6 Å². The summed E-state index contributed by atoms with van der Waals surface area (Å²) in [7, 11) is 0.512. The van der Waals surface area contributed by atoms with E-state index in [9.17, 15) is 14.4 Å². The fourth-order valence-corrected chi connectivity index (χ4v) is 8.00. The molecule has 0 bridgehead atoms. The van der Waals surface area contributed by atoms with Crippen LogP contribution in [0.3, 0.4) is 0 Å². The zero-order chi connectivity index (χ0) is 24.3. The van der Waals surface area contributed by atoms with Gasteiger partial charge >= 0.3 is 6.09 Å². The lowest BCUT2D eigenvalue weighted by Gasteiger charge is -2.27. The van der Waals surface area contributed by atoms with Crippen LogP contribution in [0.25, 0.3) is 0 Å². The Balaban J connectivity index is 1.32. The van der Waals surface area contributed by atoms with Gasteiger partial charge in [0, 0.05) is 24.7 Å². The van der Waals surface area contributed by atoms with E-state index in [1.54, 1.807) is 13.1 Å². The second-order valence-electron chi connectivity index (χ2n) is 9.72. The molecule has 1 radical (unpaired) electrons. The lowest BCUT2D eigenvalue weighted by Crippen LogP contribution is -2.47. The number of rotatable bonds is 10. The summed E-state index contributed by atoms with van der Waals surface area (Å²) in [6.45, 7) is 2.73. The lowest BCUT2D eigenvalue weighted by atomic mass is 10.1. The Morgan fingerprint density at radius 1 is 1.38 bits per heavy atom. The molecule has 3 aliphatic rings. The number of benzene rings is 1. The molecule has 3 amide bonds. The average Bonchev–Trinajstić information content (AvgIpc) is 3.72.